The molecule has 0 unspecified atom stereocenters. The minimum absolute atomic E-state index is 0.287. The second-order valence-corrected chi connectivity index (χ2v) is 12.3. The normalized spacial score (nSPS) is 27.0. The predicted octanol–water partition coefficient (Wildman–Crippen LogP) is 6.95. The van der Waals surface area contributed by atoms with Crippen LogP contribution in [0.1, 0.15) is 56.8 Å². The maximum atomic E-state index is 13.8. The average molecular weight is 586 g/mol. The molecule has 1 N–H and O–H groups in total. The van der Waals surface area contributed by atoms with Gasteiger partial charge in [-0.1, -0.05) is 29.3 Å². The third kappa shape index (κ3) is 5.81. The van der Waals surface area contributed by atoms with Crippen LogP contribution in [-0.2, 0) is 11.0 Å². The van der Waals surface area contributed by atoms with Crippen molar-refractivity contribution in [3.8, 4) is 5.75 Å². The number of carboxylic acid groups (broad SMARTS) is 1. The van der Waals surface area contributed by atoms with E-state index in [1.165, 1.54) is 12.1 Å². The average Bonchev–Trinajstić information content (AvgIpc) is 2.80. The third-order valence-corrected chi connectivity index (χ3v) is 9.22. The van der Waals surface area contributed by atoms with E-state index in [0.29, 0.717) is 65.2 Å². The Kier molecular flexibility index (Phi) is 7.72. The van der Waals surface area contributed by atoms with Crippen LogP contribution in [0.5, 0.6) is 5.75 Å². The number of hydrogen-bond donors (Lipinski definition) is 1. The van der Waals surface area contributed by atoms with E-state index in [1.54, 1.807) is 19.1 Å². The highest BCUT2D eigenvalue weighted by Gasteiger charge is 2.49. The summed E-state index contributed by atoms with van der Waals surface area (Å²) < 4.78 is 47.2. The highest BCUT2D eigenvalue weighted by Crippen LogP contribution is 2.46. The van der Waals surface area contributed by atoms with Crippen LogP contribution in [0.25, 0.3) is 0 Å². The molecule has 212 valence electrons. The lowest BCUT2D eigenvalue weighted by atomic mass is 9.65. The van der Waals surface area contributed by atoms with Gasteiger partial charge in [0, 0.05) is 53.5 Å². The number of rotatable bonds is 7. The number of piperidine rings is 1. The Hall–Kier alpha value is -2.23. The van der Waals surface area contributed by atoms with Gasteiger partial charge in [-0.15, -0.1) is 0 Å². The molecule has 3 fully saturated rings. The summed E-state index contributed by atoms with van der Waals surface area (Å²) in [7, 11) is 0. The second-order valence-electron chi connectivity index (χ2n) is 11.5. The van der Waals surface area contributed by atoms with Crippen LogP contribution in [0.2, 0.25) is 10.0 Å². The number of carbonyl (C=O) groups is 1. The van der Waals surface area contributed by atoms with Crippen molar-refractivity contribution in [1.82, 2.24) is 9.88 Å². The number of pyridine rings is 1. The molecule has 0 bridgehead atoms. The summed E-state index contributed by atoms with van der Waals surface area (Å²) in [5.41, 5.74) is -1.01. The number of ether oxygens (including phenoxy) is 1. The zero-order chi connectivity index (χ0) is 28.1. The molecule has 11 heteroatoms. The first-order valence-corrected chi connectivity index (χ1v) is 14.0. The number of hydrogen-bond acceptors (Lipinski definition) is 5. The van der Waals surface area contributed by atoms with Crippen LogP contribution < -0.4 is 9.64 Å². The highest BCUT2D eigenvalue weighted by molar-refractivity contribution is 6.35. The van der Waals surface area contributed by atoms with Gasteiger partial charge in [-0.3, -0.25) is 4.79 Å². The summed E-state index contributed by atoms with van der Waals surface area (Å²) in [5, 5.41) is 10.2. The molecule has 2 aliphatic heterocycles. The molecule has 3 heterocycles. The predicted molar refractivity (Wildman–Crippen MR) is 144 cm³/mol. The van der Waals surface area contributed by atoms with Crippen LogP contribution in [0.3, 0.4) is 0 Å². The van der Waals surface area contributed by atoms with Crippen LogP contribution in [0.4, 0.5) is 19.0 Å². The van der Waals surface area contributed by atoms with Gasteiger partial charge in [0.2, 0.25) is 0 Å². The molecule has 2 atom stereocenters. The van der Waals surface area contributed by atoms with Crippen molar-refractivity contribution in [2.45, 2.75) is 57.9 Å². The zero-order valence-corrected chi connectivity index (χ0v) is 23.4. The third-order valence-electron chi connectivity index (χ3n) is 8.66. The summed E-state index contributed by atoms with van der Waals surface area (Å²) in [6, 6.07) is 6.48. The first-order chi connectivity index (χ1) is 18.3. The Morgan fingerprint density at radius 1 is 1.18 bits per heavy atom. The lowest BCUT2D eigenvalue weighted by molar-refractivity contribution is -0.158. The van der Waals surface area contributed by atoms with Gasteiger partial charge in [0.05, 0.1) is 5.41 Å². The molecule has 39 heavy (non-hydrogen) atoms. The molecule has 0 amide bonds. The molecule has 1 aromatic carbocycles. The van der Waals surface area contributed by atoms with Gasteiger partial charge in [0.1, 0.15) is 23.2 Å². The van der Waals surface area contributed by atoms with Gasteiger partial charge < -0.3 is 19.6 Å². The number of alkyl halides is 3. The quantitative estimate of drug-likeness (QED) is 0.379. The molecule has 2 aromatic rings. The molecular weight excluding hydrogens is 554 g/mol. The van der Waals surface area contributed by atoms with Crippen molar-refractivity contribution < 1.29 is 27.8 Å². The highest BCUT2D eigenvalue weighted by atomic mass is 35.5. The Labute approximate surface area is 236 Å². The van der Waals surface area contributed by atoms with E-state index >= 15 is 0 Å². The lowest BCUT2D eigenvalue weighted by Gasteiger charge is -2.52. The van der Waals surface area contributed by atoms with Crippen molar-refractivity contribution in [1.29, 1.82) is 0 Å². The minimum atomic E-state index is -4.62. The van der Waals surface area contributed by atoms with Crippen LogP contribution >= 0.6 is 23.2 Å². The summed E-state index contributed by atoms with van der Waals surface area (Å²) in [6.07, 6.45) is -0.973. The fourth-order valence-corrected chi connectivity index (χ4v) is 6.72. The SMILES string of the molecule is C[C@@H](Oc1cc(N2CC([C@H]3CCCN(C4CC(C)(C(=O)O)C4)C3)C2)ncc1C(F)(F)F)c1ccc(Cl)cc1Cl. The van der Waals surface area contributed by atoms with E-state index in [0.717, 1.165) is 32.1 Å². The molecule has 5 rings (SSSR count). The van der Waals surface area contributed by atoms with E-state index in [9.17, 15) is 23.1 Å². The Balaban J connectivity index is 1.24. The Morgan fingerprint density at radius 3 is 2.54 bits per heavy atom. The van der Waals surface area contributed by atoms with Crippen molar-refractivity contribution in [3.63, 3.8) is 0 Å². The van der Waals surface area contributed by atoms with E-state index in [4.69, 9.17) is 27.9 Å². The van der Waals surface area contributed by atoms with Crippen molar-refractivity contribution in [2.24, 2.45) is 17.3 Å². The van der Waals surface area contributed by atoms with Crippen molar-refractivity contribution >= 4 is 35.0 Å². The molecule has 3 aliphatic rings. The molecule has 2 saturated heterocycles. The molecule has 0 radical (unpaired) electrons. The summed E-state index contributed by atoms with van der Waals surface area (Å²) in [5.74, 6) is 0.334. The number of aliphatic carboxylic acids is 1. The largest absolute Gasteiger partial charge is 0.485 e. The number of carboxylic acids is 1. The molecule has 1 saturated carbocycles. The van der Waals surface area contributed by atoms with Crippen molar-refractivity contribution in [3.05, 3.63) is 51.6 Å². The topological polar surface area (TPSA) is 65.9 Å². The number of benzene rings is 1. The first kappa shape index (κ1) is 28.3. The van der Waals surface area contributed by atoms with E-state index in [1.807, 2.05) is 11.8 Å². The molecule has 1 aromatic heterocycles. The first-order valence-electron chi connectivity index (χ1n) is 13.3. The smallest absolute Gasteiger partial charge is 0.421 e. The monoisotopic (exact) mass is 585 g/mol. The fourth-order valence-electron chi connectivity index (χ4n) is 6.16. The van der Waals surface area contributed by atoms with E-state index in [-0.39, 0.29) is 5.75 Å². The van der Waals surface area contributed by atoms with Gasteiger partial charge in [-0.25, -0.2) is 4.98 Å². The van der Waals surface area contributed by atoms with Gasteiger partial charge in [0.25, 0.3) is 0 Å². The van der Waals surface area contributed by atoms with E-state index < -0.39 is 29.2 Å². The van der Waals surface area contributed by atoms with Gasteiger partial charge >= 0.3 is 12.1 Å². The standard InChI is InChI=1S/C28H32Cl2F3N3O3/c1-16(21-6-5-19(29)8-23(21)30)39-24-9-25(34-12-22(24)28(31,32)33)36-14-18(15-36)17-4-3-7-35(13-17)20-10-27(2,11-20)26(37)38/h5-6,8-9,12,16-18,20H,3-4,7,10-11,13-15H2,1-2H3,(H,37,38)/t16-,17+,20?,27?/m1/s1. The molecular formula is C28H32Cl2F3N3O3. The van der Waals surface area contributed by atoms with Crippen LogP contribution in [0.15, 0.2) is 30.5 Å². The number of likely N-dealkylation sites (tertiary alicyclic amines) is 1. The molecule has 0 spiro atoms. The Bertz CT molecular complexity index is 1230. The summed E-state index contributed by atoms with van der Waals surface area (Å²) >= 11 is 12.2. The zero-order valence-electron chi connectivity index (χ0n) is 21.8. The summed E-state index contributed by atoms with van der Waals surface area (Å²) in [6.45, 7) is 6.82. The Morgan fingerprint density at radius 2 is 1.90 bits per heavy atom. The summed E-state index contributed by atoms with van der Waals surface area (Å²) in [4.78, 5) is 20.0. The van der Waals surface area contributed by atoms with Gasteiger partial charge in [0.15, 0.2) is 0 Å². The maximum absolute atomic E-state index is 13.8. The van der Waals surface area contributed by atoms with Gasteiger partial charge in [-0.2, -0.15) is 13.2 Å². The number of nitrogens with zero attached hydrogens (tertiary/aromatic N) is 3. The lowest BCUT2D eigenvalue weighted by Crippen LogP contribution is -2.58. The van der Waals surface area contributed by atoms with Crippen molar-refractivity contribution in [2.75, 3.05) is 31.1 Å². The maximum Gasteiger partial charge on any atom is 0.421 e. The minimum Gasteiger partial charge on any atom is -0.485 e. The van der Waals surface area contributed by atoms with Crippen LogP contribution in [0, 0.1) is 17.3 Å². The van der Waals surface area contributed by atoms with Crippen LogP contribution in [-0.4, -0.2) is 53.2 Å². The number of anilines is 1. The van der Waals surface area contributed by atoms with Gasteiger partial charge in [-0.05, 0) is 70.0 Å². The second kappa shape index (κ2) is 10.6. The molecule has 1 aliphatic carbocycles. The van der Waals surface area contributed by atoms with E-state index in [2.05, 4.69) is 9.88 Å². The molecule has 6 nitrogen and oxygen atoms in total. The number of halogens is 5. The fraction of sp³-hybridized carbons (Fsp3) is 0.571. The number of aromatic nitrogens is 1.